The summed E-state index contributed by atoms with van der Waals surface area (Å²) in [7, 11) is 0. The summed E-state index contributed by atoms with van der Waals surface area (Å²) in [5, 5.41) is 67.0. The second kappa shape index (κ2) is 11.8. The normalized spacial score (nSPS) is 26.9. The Labute approximate surface area is 177 Å². The van der Waals surface area contributed by atoms with Crippen LogP contribution in [-0.2, 0) is 19.0 Å². The van der Waals surface area contributed by atoms with Crippen molar-refractivity contribution in [1.29, 1.82) is 0 Å². The van der Waals surface area contributed by atoms with E-state index in [1.165, 1.54) is 30.4 Å². The Morgan fingerprint density at radius 2 is 1.84 bits per heavy atom. The van der Waals surface area contributed by atoms with Gasteiger partial charge in [0.05, 0.1) is 26.4 Å². The highest BCUT2D eigenvalue weighted by Crippen LogP contribution is 2.26. The molecule has 11 heteroatoms. The monoisotopic (exact) mass is 442 g/mol. The van der Waals surface area contributed by atoms with Crippen molar-refractivity contribution in [2.45, 2.75) is 30.7 Å². The number of ether oxygens (including phenoxy) is 3. The summed E-state index contributed by atoms with van der Waals surface area (Å²) in [4.78, 5) is 12.2. The number of phenolic OH excluding ortho intramolecular Hbond substituents is 2. The molecule has 172 valence electrons. The van der Waals surface area contributed by atoms with Gasteiger partial charge < -0.3 is 50.0 Å². The molecular weight excluding hydrogens is 416 g/mol. The third-order valence-electron chi connectivity index (χ3n) is 4.50. The molecule has 1 fully saturated rings. The molecule has 31 heavy (non-hydrogen) atoms. The van der Waals surface area contributed by atoms with Crippen molar-refractivity contribution in [3.05, 3.63) is 41.5 Å². The largest absolute Gasteiger partial charge is 0.504 e. The van der Waals surface area contributed by atoms with Crippen LogP contribution >= 0.6 is 0 Å². The van der Waals surface area contributed by atoms with E-state index in [2.05, 4.69) is 0 Å². The number of rotatable bonds is 9. The summed E-state index contributed by atoms with van der Waals surface area (Å²) < 4.78 is 15.8. The predicted molar refractivity (Wildman–Crippen MR) is 105 cm³/mol. The zero-order chi connectivity index (χ0) is 23.0. The van der Waals surface area contributed by atoms with E-state index in [0.29, 0.717) is 11.1 Å². The number of carbonyl (C=O) groups excluding carboxylic acids is 1. The smallest absolute Gasteiger partial charge is 0.331 e. The average Bonchev–Trinajstić information content (AvgIpc) is 2.76. The van der Waals surface area contributed by atoms with Gasteiger partial charge >= 0.3 is 5.97 Å². The molecule has 0 amide bonds. The molecule has 1 saturated heterocycles. The number of carbonyl (C=O) groups is 1. The fourth-order valence-corrected chi connectivity index (χ4v) is 2.80. The summed E-state index contributed by atoms with van der Waals surface area (Å²) in [6.45, 7) is -1.62. The SMILES string of the molecule is O=C(/C=C/c1ccc(O)c(O)c1)O[C@@H]1[C@@H](O)[C@H](OC/C(=C/CO)CO)O[C@H](CO)[C@H]1O. The number of hydrogen-bond donors (Lipinski definition) is 7. The van der Waals surface area contributed by atoms with Gasteiger partial charge in [-0.05, 0) is 29.3 Å². The predicted octanol–water partition coefficient (Wildman–Crippen LogP) is -1.61. The standard InChI is InChI=1S/C20H26O11/c21-6-5-12(8-22)10-29-20-18(28)19(17(27)15(9-23)30-20)31-16(26)4-2-11-1-3-13(24)14(25)7-11/h1-5,7,15,17-25,27-28H,6,8-10H2/b4-2+,12-5+/t15-,17-,18-,19+,20-/m1/s1. The Kier molecular flexibility index (Phi) is 9.40. The lowest BCUT2D eigenvalue weighted by Gasteiger charge is -2.41. The maximum atomic E-state index is 12.2. The molecule has 1 aliphatic heterocycles. The minimum absolute atomic E-state index is 0.224. The van der Waals surface area contributed by atoms with Crippen LogP contribution in [0.1, 0.15) is 5.56 Å². The molecule has 2 rings (SSSR count). The van der Waals surface area contributed by atoms with Gasteiger partial charge in [-0.15, -0.1) is 0 Å². The molecule has 1 aromatic carbocycles. The van der Waals surface area contributed by atoms with E-state index in [9.17, 15) is 35.4 Å². The maximum Gasteiger partial charge on any atom is 0.331 e. The van der Waals surface area contributed by atoms with E-state index in [0.717, 1.165) is 6.08 Å². The summed E-state index contributed by atoms with van der Waals surface area (Å²) in [5.74, 6) is -1.65. The zero-order valence-corrected chi connectivity index (χ0v) is 16.4. The van der Waals surface area contributed by atoms with E-state index < -0.39 is 49.9 Å². The molecule has 0 aromatic heterocycles. The second-order valence-corrected chi connectivity index (χ2v) is 6.70. The van der Waals surface area contributed by atoms with Crippen LogP contribution in [0.25, 0.3) is 6.08 Å². The van der Waals surface area contributed by atoms with Gasteiger partial charge in [0.1, 0.15) is 18.3 Å². The third-order valence-corrected chi connectivity index (χ3v) is 4.50. The van der Waals surface area contributed by atoms with Crippen LogP contribution in [0.2, 0.25) is 0 Å². The zero-order valence-electron chi connectivity index (χ0n) is 16.4. The van der Waals surface area contributed by atoms with Crippen molar-refractivity contribution >= 4 is 12.0 Å². The molecule has 0 radical (unpaired) electrons. The summed E-state index contributed by atoms with van der Waals surface area (Å²) in [6.07, 6.45) is -3.73. The van der Waals surface area contributed by atoms with Gasteiger partial charge in [-0.1, -0.05) is 12.1 Å². The van der Waals surface area contributed by atoms with E-state index in [4.69, 9.17) is 19.3 Å². The first-order valence-electron chi connectivity index (χ1n) is 9.35. The van der Waals surface area contributed by atoms with E-state index >= 15 is 0 Å². The Hall–Kier alpha value is -2.51. The van der Waals surface area contributed by atoms with Gasteiger partial charge in [0.25, 0.3) is 0 Å². The Morgan fingerprint density at radius 1 is 1.10 bits per heavy atom. The van der Waals surface area contributed by atoms with Gasteiger partial charge in [0.2, 0.25) is 0 Å². The Bertz CT molecular complexity index is 791. The molecule has 0 bridgehead atoms. The number of aromatic hydroxyl groups is 2. The molecule has 0 saturated carbocycles. The summed E-state index contributed by atoms with van der Waals surface area (Å²) in [5.41, 5.74) is 0.681. The molecule has 0 aliphatic carbocycles. The highest BCUT2D eigenvalue weighted by atomic mass is 16.7. The number of esters is 1. The van der Waals surface area contributed by atoms with Gasteiger partial charge in [0.15, 0.2) is 23.9 Å². The quantitative estimate of drug-likeness (QED) is 0.101. The third kappa shape index (κ3) is 6.74. The highest BCUT2D eigenvalue weighted by molar-refractivity contribution is 5.87. The first kappa shape index (κ1) is 24.8. The van der Waals surface area contributed by atoms with Crippen molar-refractivity contribution in [1.82, 2.24) is 0 Å². The van der Waals surface area contributed by atoms with E-state index in [1.807, 2.05) is 0 Å². The van der Waals surface area contributed by atoms with Crippen LogP contribution in [0.4, 0.5) is 0 Å². The van der Waals surface area contributed by atoms with Gasteiger partial charge in [-0.2, -0.15) is 0 Å². The van der Waals surface area contributed by atoms with Crippen LogP contribution < -0.4 is 0 Å². The Morgan fingerprint density at radius 3 is 2.45 bits per heavy atom. The fourth-order valence-electron chi connectivity index (χ4n) is 2.80. The number of aliphatic hydroxyl groups excluding tert-OH is 5. The lowest BCUT2D eigenvalue weighted by molar-refractivity contribution is -0.300. The van der Waals surface area contributed by atoms with Crippen LogP contribution in [0, 0.1) is 0 Å². The van der Waals surface area contributed by atoms with Crippen molar-refractivity contribution in [3.63, 3.8) is 0 Å². The molecule has 0 unspecified atom stereocenters. The van der Waals surface area contributed by atoms with Crippen molar-refractivity contribution in [2.75, 3.05) is 26.4 Å². The molecule has 5 atom stereocenters. The minimum atomic E-state index is -1.62. The molecular formula is C20H26O11. The molecule has 0 spiro atoms. The van der Waals surface area contributed by atoms with Gasteiger partial charge in [0, 0.05) is 6.08 Å². The number of benzene rings is 1. The highest BCUT2D eigenvalue weighted by Gasteiger charge is 2.47. The van der Waals surface area contributed by atoms with E-state index in [-0.39, 0.29) is 24.7 Å². The molecule has 11 nitrogen and oxygen atoms in total. The second-order valence-electron chi connectivity index (χ2n) is 6.70. The van der Waals surface area contributed by atoms with Crippen molar-refractivity contribution < 1.29 is 54.8 Å². The Balaban J connectivity index is 2.07. The summed E-state index contributed by atoms with van der Waals surface area (Å²) in [6, 6.07) is 3.87. The summed E-state index contributed by atoms with van der Waals surface area (Å²) >= 11 is 0. The molecule has 7 N–H and O–H groups in total. The van der Waals surface area contributed by atoms with Crippen LogP contribution in [0.3, 0.4) is 0 Å². The van der Waals surface area contributed by atoms with Crippen molar-refractivity contribution in [3.8, 4) is 11.5 Å². The molecule has 1 aromatic rings. The average molecular weight is 442 g/mol. The van der Waals surface area contributed by atoms with Crippen LogP contribution in [0.15, 0.2) is 35.9 Å². The molecule has 1 heterocycles. The van der Waals surface area contributed by atoms with Crippen LogP contribution in [0.5, 0.6) is 11.5 Å². The van der Waals surface area contributed by atoms with Crippen LogP contribution in [-0.4, -0.2) is 98.8 Å². The minimum Gasteiger partial charge on any atom is -0.504 e. The lowest BCUT2D eigenvalue weighted by Crippen LogP contribution is -2.60. The van der Waals surface area contributed by atoms with Crippen molar-refractivity contribution in [2.24, 2.45) is 0 Å². The number of hydrogen-bond acceptors (Lipinski definition) is 11. The first-order chi connectivity index (χ1) is 14.8. The maximum absolute atomic E-state index is 12.2. The van der Waals surface area contributed by atoms with Gasteiger partial charge in [-0.3, -0.25) is 0 Å². The number of phenols is 2. The number of aliphatic hydroxyl groups is 5. The first-order valence-corrected chi connectivity index (χ1v) is 9.35. The van der Waals surface area contributed by atoms with E-state index in [1.54, 1.807) is 0 Å². The van der Waals surface area contributed by atoms with Gasteiger partial charge in [-0.25, -0.2) is 4.79 Å². The fraction of sp³-hybridized carbons (Fsp3) is 0.450. The lowest BCUT2D eigenvalue weighted by atomic mass is 9.99. The topological polar surface area (TPSA) is 186 Å². The molecule has 1 aliphatic rings.